The van der Waals surface area contributed by atoms with E-state index in [1.54, 1.807) is 27.7 Å². The topological polar surface area (TPSA) is 268 Å². The van der Waals surface area contributed by atoms with E-state index in [0.29, 0.717) is 19.3 Å². The molecule has 4 atom stereocenters. The van der Waals surface area contributed by atoms with Crippen LogP contribution < -0.4 is 42.5 Å². The van der Waals surface area contributed by atoms with Crippen molar-refractivity contribution in [3.8, 4) is 0 Å². The first-order valence-electron chi connectivity index (χ1n) is 27.5. The second-order valence-electron chi connectivity index (χ2n) is 18.4. The zero-order valence-electron chi connectivity index (χ0n) is 46.8. The van der Waals surface area contributed by atoms with Crippen molar-refractivity contribution in [1.82, 2.24) is 26.6 Å². The number of hydrogen-bond donors (Lipinski definition) is 5. The molecule has 0 heterocycles. The lowest BCUT2D eigenvalue weighted by molar-refractivity contribution is -0.148. The van der Waals surface area contributed by atoms with Crippen molar-refractivity contribution in [2.45, 2.75) is 142 Å². The van der Waals surface area contributed by atoms with Crippen LogP contribution in [0.1, 0.15) is 118 Å². The van der Waals surface area contributed by atoms with Gasteiger partial charge in [0.2, 0.25) is 29.5 Å². The lowest BCUT2D eigenvalue weighted by Crippen LogP contribution is -2.50. The van der Waals surface area contributed by atoms with Crippen LogP contribution in [0.15, 0.2) is 91.0 Å². The standard InChI is InChI=1S/C58H80N5O14PS2/c1-6-11-15-30-50(65)60-46(58(73)77-10-5)33-36-53(68)63-48(56(71)59-39-55(70)75-8-3)41-80-79-40-47(49(64)34-37-54(69)74-7-2)62-52(67)35-32-45(57(72)76-9-4)61-51(66)31-22-23-38-78(42-24-16-12-17-25-42,43-26-18-13-19-27-43)44-28-20-14-21-29-44/h12-14,16-21,24-29,45-48H,6-11,15,22-23,30-41H2,1-5H3,(H4-,59,60,61,62,63,65,66,67,68,71)/p+1/t45-,46-,47-,48-/m0/s1. The lowest BCUT2D eigenvalue weighted by Gasteiger charge is -2.27. The van der Waals surface area contributed by atoms with Gasteiger partial charge in [-0.2, -0.15) is 0 Å². The van der Waals surface area contributed by atoms with Gasteiger partial charge in [-0.25, -0.2) is 9.59 Å². The van der Waals surface area contributed by atoms with Crippen LogP contribution in [0.4, 0.5) is 0 Å². The predicted molar refractivity (Wildman–Crippen MR) is 313 cm³/mol. The van der Waals surface area contributed by atoms with E-state index < -0.39 is 91.3 Å². The van der Waals surface area contributed by atoms with Crippen LogP contribution in [0, 0.1) is 0 Å². The maximum Gasteiger partial charge on any atom is 0.328 e. The van der Waals surface area contributed by atoms with E-state index in [1.165, 1.54) is 15.9 Å². The summed E-state index contributed by atoms with van der Waals surface area (Å²) in [5.41, 5.74) is 0. The Morgan fingerprint density at radius 3 is 1.29 bits per heavy atom. The SMILES string of the molecule is CCCCCC(=O)N[C@@H](CCC(=O)N[C@@H](CSSC[C@H](NC(=O)CC[C@H](NC(=O)CCCC[P+](c1ccccc1)(c1ccccc1)c1ccccc1)C(=O)OCC)C(=O)CCC(=O)OCC)C(=O)NCC(=O)OCC)C(=O)OCC. The molecule has 3 rings (SSSR count). The van der Waals surface area contributed by atoms with Gasteiger partial charge in [-0.1, -0.05) is 96.0 Å². The molecule has 22 heteroatoms. The van der Waals surface area contributed by atoms with E-state index in [1.807, 2.05) is 61.5 Å². The van der Waals surface area contributed by atoms with Gasteiger partial charge in [-0.05, 0) is 96.2 Å². The summed E-state index contributed by atoms with van der Waals surface area (Å²) in [4.78, 5) is 130. The largest absolute Gasteiger partial charge is 0.466 e. The average molecular weight is 1170 g/mol. The number of carbonyl (C=O) groups excluding carboxylic acids is 10. The fourth-order valence-corrected chi connectivity index (χ4v) is 15.2. The average Bonchev–Trinajstić information content (AvgIpc) is 3.45. The van der Waals surface area contributed by atoms with Crippen molar-refractivity contribution in [2.24, 2.45) is 0 Å². The molecule has 3 aromatic carbocycles. The summed E-state index contributed by atoms with van der Waals surface area (Å²) < 4.78 is 20.3. The molecule has 0 aliphatic heterocycles. The number of hydrogen-bond acceptors (Lipinski definition) is 16. The molecule has 0 radical (unpaired) electrons. The minimum atomic E-state index is -2.13. The number of ether oxygens (including phenoxy) is 4. The molecule has 438 valence electrons. The second kappa shape index (κ2) is 39.1. The van der Waals surface area contributed by atoms with Crippen LogP contribution in [-0.4, -0.2) is 134 Å². The molecule has 19 nitrogen and oxygen atoms in total. The maximum atomic E-state index is 13.6. The van der Waals surface area contributed by atoms with Gasteiger partial charge in [-0.3, -0.25) is 38.4 Å². The zero-order valence-corrected chi connectivity index (χ0v) is 49.3. The molecule has 5 N–H and O–H groups in total. The van der Waals surface area contributed by atoms with Crippen LogP contribution >= 0.6 is 28.9 Å². The van der Waals surface area contributed by atoms with E-state index >= 15 is 0 Å². The quantitative estimate of drug-likeness (QED) is 0.0158. The third-order valence-corrected chi connectivity index (χ3v) is 19.3. The summed E-state index contributed by atoms with van der Waals surface area (Å²) in [6.45, 7) is 8.22. The van der Waals surface area contributed by atoms with Gasteiger partial charge >= 0.3 is 23.9 Å². The highest BCUT2D eigenvalue weighted by Crippen LogP contribution is 2.56. The Kier molecular flexibility index (Phi) is 33.3. The number of nitrogens with one attached hydrogen (secondary N) is 5. The molecule has 0 saturated heterocycles. The molecule has 0 spiro atoms. The monoisotopic (exact) mass is 1170 g/mol. The first kappa shape index (κ1) is 68.0. The Morgan fingerprint density at radius 1 is 0.438 bits per heavy atom. The zero-order chi connectivity index (χ0) is 58.5. The van der Waals surface area contributed by atoms with Gasteiger partial charge < -0.3 is 45.5 Å². The molecular formula is C58H81N5O14PS2+. The molecule has 80 heavy (non-hydrogen) atoms. The van der Waals surface area contributed by atoms with Crippen molar-refractivity contribution in [3.63, 3.8) is 0 Å². The summed E-state index contributed by atoms with van der Waals surface area (Å²) >= 11 is 0. The van der Waals surface area contributed by atoms with Crippen molar-refractivity contribution in [3.05, 3.63) is 91.0 Å². The van der Waals surface area contributed by atoms with E-state index in [-0.39, 0.29) is 95.2 Å². The van der Waals surface area contributed by atoms with E-state index in [0.717, 1.165) is 40.6 Å². The summed E-state index contributed by atoms with van der Waals surface area (Å²) in [6, 6.07) is 26.5. The molecule has 0 saturated carbocycles. The highest BCUT2D eigenvalue weighted by Gasteiger charge is 2.44. The molecule has 5 amide bonds. The molecule has 0 aliphatic carbocycles. The Labute approximate surface area is 479 Å². The first-order valence-corrected chi connectivity index (χ1v) is 32.0. The van der Waals surface area contributed by atoms with Gasteiger partial charge in [0.25, 0.3) is 0 Å². The number of ketones is 1. The molecule has 0 aliphatic rings. The van der Waals surface area contributed by atoms with Gasteiger partial charge in [0.1, 0.15) is 47.8 Å². The van der Waals surface area contributed by atoms with Crippen LogP contribution in [0.2, 0.25) is 0 Å². The number of unbranched alkanes of at least 4 members (excludes halogenated alkanes) is 3. The summed E-state index contributed by atoms with van der Waals surface area (Å²) in [5, 5.41) is 16.9. The molecule has 3 aromatic rings. The Bertz CT molecular complexity index is 2330. The van der Waals surface area contributed by atoms with Gasteiger partial charge in [0.15, 0.2) is 5.78 Å². The predicted octanol–water partition coefficient (Wildman–Crippen LogP) is 5.33. The van der Waals surface area contributed by atoms with Crippen LogP contribution in [0.25, 0.3) is 0 Å². The van der Waals surface area contributed by atoms with Crippen molar-refractivity contribution in [1.29, 1.82) is 0 Å². The lowest BCUT2D eigenvalue weighted by atomic mass is 10.1. The van der Waals surface area contributed by atoms with Gasteiger partial charge in [0.05, 0.1) is 45.1 Å². The van der Waals surface area contributed by atoms with Crippen LogP contribution in [0.5, 0.6) is 0 Å². The number of esters is 4. The van der Waals surface area contributed by atoms with Crippen molar-refractivity contribution < 1.29 is 66.9 Å². The first-order chi connectivity index (χ1) is 38.6. The Morgan fingerprint density at radius 2 is 0.838 bits per heavy atom. The highest BCUT2D eigenvalue weighted by molar-refractivity contribution is 8.76. The summed E-state index contributed by atoms with van der Waals surface area (Å²) in [5.74, 6) is -6.19. The van der Waals surface area contributed by atoms with Gasteiger partial charge in [-0.15, -0.1) is 0 Å². The maximum absolute atomic E-state index is 13.6. The van der Waals surface area contributed by atoms with Crippen molar-refractivity contribution >= 4 is 104 Å². The molecular weight excluding hydrogens is 1090 g/mol. The molecule has 0 unspecified atom stereocenters. The fraction of sp³-hybridized carbons (Fsp3) is 0.517. The van der Waals surface area contributed by atoms with Crippen LogP contribution in [-0.2, 0) is 66.9 Å². The van der Waals surface area contributed by atoms with E-state index in [2.05, 4.69) is 63.0 Å². The van der Waals surface area contributed by atoms with Gasteiger partial charge in [0, 0.05) is 43.6 Å². The van der Waals surface area contributed by atoms with Crippen LogP contribution in [0.3, 0.4) is 0 Å². The van der Waals surface area contributed by atoms with E-state index in [4.69, 9.17) is 18.9 Å². The minimum Gasteiger partial charge on any atom is -0.466 e. The number of carbonyl (C=O) groups is 10. The number of benzene rings is 3. The molecule has 0 aromatic heterocycles. The fourth-order valence-electron chi connectivity index (χ4n) is 8.41. The third kappa shape index (κ3) is 25.0. The Hall–Kier alpha value is -6.31. The number of rotatable bonds is 40. The summed E-state index contributed by atoms with van der Waals surface area (Å²) in [6.07, 6.45) is 3.25. The van der Waals surface area contributed by atoms with Crippen molar-refractivity contribution in [2.75, 3.05) is 50.6 Å². The minimum absolute atomic E-state index is 0.0278. The number of Topliss-reactive ketones (excluding diaryl/α,β-unsaturated/α-hetero) is 1. The third-order valence-electron chi connectivity index (χ3n) is 12.4. The summed E-state index contributed by atoms with van der Waals surface area (Å²) in [7, 11) is 0.0127. The smallest absolute Gasteiger partial charge is 0.328 e. The molecule has 0 fully saturated rings. The molecule has 0 bridgehead atoms. The second-order valence-corrected chi connectivity index (χ2v) is 24.5. The Balaban J connectivity index is 1.70. The van der Waals surface area contributed by atoms with E-state index in [9.17, 15) is 47.9 Å². The number of amides is 5. The normalized spacial score (nSPS) is 12.5. The highest BCUT2D eigenvalue weighted by atomic mass is 33.1.